The summed E-state index contributed by atoms with van der Waals surface area (Å²) in [6.45, 7) is 6.17. The Labute approximate surface area is 138 Å². The number of fused-ring (bicyclic) bond motifs is 1. The largest absolute Gasteiger partial charge is 0.482 e. The number of nitrogens with zero attached hydrogens (tertiary/aromatic N) is 1. The zero-order valence-corrected chi connectivity index (χ0v) is 13.5. The summed E-state index contributed by atoms with van der Waals surface area (Å²) in [6, 6.07) is 8.86. The molecule has 3 rings (SSSR count). The van der Waals surface area contributed by atoms with Crippen molar-refractivity contribution >= 4 is 34.5 Å². The van der Waals surface area contributed by atoms with E-state index in [9.17, 15) is 9.59 Å². The van der Waals surface area contributed by atoms with Crippen molar-refractivity contribution in [2.75, 3.05) is 23.4 Å². The van der Waals surface area contributed by atoms with E-state index in [4.69, 9.17) is 4.74 Å². The summed E-state index contributed by atoms with van der Waals surface area (Å²) in [6.07, 6.45) is 0. The highest BCUT2D eigenvalue weighted by Gasteiger charge is 2.25. The lowest BCUT2D eigenvalue weighted by Gasteiger charge is -2.30. The standard InChI is InChI=1S/C17H16N2O3S/c1-11(2)9-19-13-8-12(5-6-14(13)22-10-16(19)20)18-17(21)15-4-3-7-23-15/h3-8H,1,9-10H2,2H3,(H,18,21). The average molecular weight is 328 g/mol. The first-order valence-corrected chi connectivity index (χ1v) is 7.99. The summed E-state index contributed by atoms with van der Waals surface area (Å²) in [4.78, 5) is 26.5. The number of hydrogen-bond donors (Lipinski definition) is 1. The fourth-order valence-electron chi connectivity index (χ4n) is 2.32. The molecule has 1 aliphatic heterocycles. The highest BCUT2D eigenvalue weighted by Crippen LogP contribution is 2.35. The zero-order valence-electron chi connectivity index (χ0n) is 12.7. The number of thiophene rings is 1. The molecule has 1 aromatic heterocycles. The Kier molecular flexibility index (Phi) is 4.16. The van der Waals surface area contributed by atoms with Crippen LogP contribution in [-0.4, -0.2) is 25.0 Å². The van der Waals surface area contributed by atoms with Crippen LogP contribution in [0.3, 0.4) is 0 Å². The van der Waals surface area contributed by atoms with Crippen molar-refractivity contribution in [3.05, 3.63) is 52.7 Å². The molecule has 0 saturated carbocycles. The molecule has 2 amide bonds. The highest BCUT2D eigenvalue weighted by atomic mass is 32.1. The van der Waals surface area contributed by atoms with E-state index in [0.717, 1.165) is 5.57 Å². The Hall–Kier alpha value is -2.60. The van der Waals surface area contributed by atoms with E-state index in [2.05, 4.69) is 11.9 Å². The molecule has 2 heterocycles. The number of amides is 2. The van der Waals surface area contributed by atoms with E-state index in [1.165, 1.54) is 11.3 Å². The summed E-state index contributed by atoms with van der Waals surface area (Å²) in [5, 5.41) is 4.69. The second-order valence-electron chi connectivity index (χ2n) is 5.34. The van der Waals surface area contributed by atoms with Crippen LogP contribution < -0.4 is 15.0 Å². The molecular formula is C17H16N2O3S. The van der Waals surface area contributed by atoms with Gasteiger partial charge in [0.05, 0.1) is 10.6 Å². The van der Waals surface area contributed by atoms with Crippen LogP contribution in [0, 0.1) is 0 Å². The number of carbonyl (C=O) groups is 2. The van der Waals surface area contributed by atoms with Gasteiger partial charge in [-0.05, 0) is 36.6 Å². The van der Waals surface area contributed by atoms with Gasteiger partial charge in [0.25, 0.3) is 11.8 Å². The lowest BCUT2D eigenvalue weighted by atomic mass is 10.2. The first-order chi connectivity index (χ1) is 11.0. The molecule has 0 atom stereocenters. The number of carbonyl (C=O) groups excluding carboxylic acids is 2. The Morgan fingerprint density at radius 1 is 1.43 bits per heavy atom. The van der Waals surface area contributed by atoms with E-state index in [0.29, 0.717) is 28.5 Å². The summed E-state index contributed by atoms with van der Waals surface area (Å²) < 4.78 is 5.45. The second-order valence-corrected chi connectivity index (χ2v) is 6.29. The van der Waals surface area contributed by atoms with Gasteiger partial charge in [-0.2, -0.15) is 0 Å². The molecule has 2 aromatic rings. The molecule has 6 heteroatoms. The van der Waals surface area contributed by atoms with Crippen LogP contribution >= 0.6 is 11.3 Å². The van der Waals surface area contributed by atoms with Crippen LogP contribution in [0.1, 0.15) is 16.6 Å². The molecular weight excluding hydrogens is 312 g/mol. The van der Waals surface area contributed by atoms with Crippen molar-refractivity contribution in [3.8, 4) is 5.75 Å². The van der Waals surface area contributed by atoms with Crippen LogP contribution in [0.2, 0.25) is 0 Å². The van der Waals surface area contributed by atoms with Crippen LogP contribution in [0.25, 0.3) is 0 Å². The van der Waals surface area contributed by atoms with Crippen molar-refractivity contribution in [2.24, 2.45) is 0 Å². The van der Waals surface area contributed by atoms with Gasteiger partial charge in [0.1, 0.15) is 5.75 Å². The molecule has 118 valence electrons. The second kappa shape index (κ2) is 6.26. The van der Waals surface area contributed by atoms with E-state index < -0.39 is 0 Å². The number of nitrogens with one attached hydrogen (secondary N) is 1. The van der Waals surface area contributed by atoms with Crippen molar-refractivity contribution < 1.29 is 14.3 Å². The molecule has 0 spiro atoms. The minimum absolute atomic E-state index is 0.0151. The molecule has 0 saturated heterocycles. The summed E-state index contributed by atoms with van der Waals surface area (Å²) in [7, 11) is 0. The Balaban J connectivity index is 1.87. The van der Waals surface area contributed by atoms with Gasteiger partial charge in [0.2, 0.25) is 0 Å². The molecule has 0 radical (unpaired) electrons. The number of rotatable bonds is 4. The first-order valence-electron chi connectivity index (χ1n) is 7.11. The fraction of sp³-hybridized carbons (Fsp3) is 0.176. The van der Waals surface area contributed by atoms with Crippen LogP contribution in [0.5, 0.6) is 5.75 Å². The molecule has 0 aliphatic carbocycles. The first kappa shape index (κ1) is 15.3. The number of hydrogen-bond acceptors (Lipinski definition) is 4. The maximum Gasteiger partial charge on any atom is 0.265 e. The molecule has 5 nitrogen and oxygen atoms in total. The maximum absolute atomic E-state index is 12.1. The highest BCUT2D eigenvalue weighted by molar-refractivity contribution is 7.12. The third-order valence-corrected chi connectivity index (χ3v) is 4.20. The minimum atomic E-state index is -0.172. The Bertz CT molecular complexity index is 768. The van der Waals surface area contributed by atoms with E-state index in [1.54, 1.807) is 29.2 Å². The smallest absolute Gasteiger partial charge is 0.265 e. The predicted octanol–water partition coefficient (Wildman–Crippen LogP) is 3.30. The van der Waals surface area contributed by atoms with Gasteiger partial charge >= 0.3 is 0 Å². The zero-order chi connectivity index (χ0) is 16.4. The molecule has 1 aliphatic rings. The molecule has 0 fully saturated rings. The molecule has 0 bridgehead atoms. The van der Waals surface area contributed by atoms with Crippen molar-refractivity contribution in [2.45, 2.75) is 6.92 Å². The molecule has 1 N–H and O–H groups in total. The maximum atomic E-state index is 12.1. The van der Waals surface area contributed by atoms with E-state index in [-0.39, 0.29) is 18.4 Å². The van der Waals surface area contributed by atoms with Crippen LogP contribution in [0.4, 0.5) is 11.4 Å². The van der Waals surface area contributed by atoms with E-state index >= 15 is 0 Å². The van der Waals surface area contributed by atoms with Gasteiger partial charge in [0, 0.05) is 12.2 Å². The third kappa shape index (κ3) is 3.27. The summed E-state index contributed by atoms with van der Waals surface area (Å²) >= 11 is 1.38. The minimum Gasteiger partial charge on any atom is -0.482 e. The normalized spacial score (nSPS) is 13.3. The van der Waals surface area contributed by atoms with Gasteiger partial charge in [-0.25, -0.2) is 0 Å². The van der Waals surface area contributed by atoms with Crippen LogP contribution in [0.15, 0.2) is 47.9 Å². The van der Waals surface area contributed by atoms with Gasteiger partial charge in [0.15, 0.2) is 6.61 Å². The molecule has 0 unspecified atom stereocenters. The van der Waals surface area contributed by atoms with Gasteiger partial charge in [-0.15, -0.1) is 11.3 Å². The summed E-state index contributed by atoms with van der Waals surface area (Å²) in [5.74, 6) is 0.330. The van der Waals surface area contributed by atoms with Gasteiger partial charge in [-0.3, -0.25) is 9.59 Å². The lowest BCUT2D eigenvalue weighted by molar-refractivity contribution is -0.121. The Morgan fingerprint density at radius 2 is 2.26 bits per heavy atom. The average Bonchev–Trinajstić information content (AvgIpc) is 3.04. The van der Waals surface area contributed by atoms with Gasteiger partial charge in [-0.1, -0.05) is 18.2 Å². The molecule has 23 heavy (non-hydrogen) atoms. The lowest BCUT2D eigenvalue weighted by Crippen LogP contribution is -2.39. The monoisotopic (exact) mass is 328 g/mol. The van der Waals surface area contributed by atoms with Crippen LogP contribution in [-0.2, 0) is 4.79 Å². The van der Waals surface area contributed by atoms with E-state index in [1.807, 2.05) is 18.4 Å². The number of benzene rings is 1. The molecule has 1 aromatic carbocycles. The van der Waals surface area contributed by atoms with Gasteiger partial charge < -0.3 is 15.0 Å². The predicted molar refractivity (Wildman–Crippen MR) is 91.4 cm³/mol. The summed E-state index contributed by atoms with van der Waals surface area (Å²) in [5.41, 5.74) is 2.14. The van der Waals surface area contributed by atoms with Crippen molar-refractivity contribution in [1.29, 1.82) is 0 Å². The Morgan fingerprint density at radius 3 is 2.96 bits per heavy atom. The van der Waals surface area contributed by atoms with Crippen molar-refractivity contribution in [1.82, 2.24) is 0 Å². The SMILES string of the molecule is C=C(C)CN1C(=O)COc2ccc(NC(=O)c3cccs3)cc21. The van der Waals surface area contributed by atoms with Crippen molar-refractivity contribution in [3.63, 3.8) is 0 Å². The fourth-order valence-corrected chi connectivity index (χ4v) is 2.94. The topological polar surface area (TPSA) is 58.6 Å². The third-order valence-electron chi connectivity index (χ3n) is 3.33. The number of anilines is 2. The quantitative estimate of drug-likeness (QED) is 0.876. The number of ether oxygens (including phenoxy) is 1.